The van der Waals surface area contributed by atoms with Crippen LogP contribution in [0.25, 0.3) is 0 Å². The van der Waals surface area contributed by atoms with Crippen molar-refractivity contribution >= 4 is 24.0 Å². The Kier molecular flexibility index (Phi) is 6.88. The molecule has 0 heterocycles. The number of amides is 1. The van der Waals surface area contributed by atoms with Gasteiger partial charge in [-0.15, -0.1) is 12.4 Å². The molecule has 2 unspecified atom stereocenters. The van der Waals surface area contributed by atoms with Crippen LogP contribution in [0.1, 0.15) is 25.8 Å². The van der Waals surface area contributed by atoms with Crippen LogP contribution in [0, 0.1) is 18.7 Å². The summed E-state index contributed by atoms with van der Waals surface area (Å²) in [4.78, 5) is 11.8. The third-order valence-electron chi connectivity index (χ3n) is 2.94. The summed E-state index contributed by atoms with van der Waals surface area (Å²) in [7, 11) is 0. The first-order valence-electron chi connectivity index (χ1n) is 5.78. The van der Waals surface area contributed by atoms with Crippen LogP contribution in [0.15, 0.2) is 18.2 Å². The zero-order valence-electron chi connectivity index (χ0n) is 10.9. The smallest absolute Gasteiger partial charge is 0.241 e. The van der Waals surface area contributed by atoms with Crippen molar-refractivity contribution in [3.63, 3.8) is 0 Å². The van der Waals surface area contributed by atoms with E-state index in [0.29, 0.717) is 0 Å². The van der Waals surface area contributed by atoms with Gasteiger partial charge in [-0.05, 0) is 30.5 Å². The zero-order chi connectivity index (χ0) is 13.0. The minimum atomic E-state index is -0.611. The van der Waals surface area contributed by atoms with Gasteiger partial charge in [0.05, 0.1) is 11.7 Å². The molecule has 1 aromatic carbocycles. The molecule has 3 N–H and O–H groups in total. The Hall–Kier alpha value is -1.13. The molecule has 18 heavy (non-hydrogen) atoms. The fraction of sp³-hybridized carbons (Fsp3) is 0.462. The molecule has 1 aromatic rings. The topological polar surface area (TPSA) is 55.1 Å². The Morgan fingerprint density at radius 3 is 2.67 bits per heavy atom. The van der Waals surface area contributed by atoms with Crippen LogP contribution in [0.5, 0.6) is 0 Å². The quantitative estimate of drug-likeness (QED) is 0.887. The fourth-order valence-electron chi connectivity index (χ4n) is 1.46. The third-order valence-corrected chi connectivity index (χ3v) is 2.94. The molecule has 0 saturated carbocycles. The number of rotatable bonds is 4. The Bertz CT molecular complexity index is 412. The summed E-state index contributed by atoms with van der Waals surface area (Å²) in [6.07, 6.45) is 0.810. The van der Waals surface area contributed by atoms with E-state index in [4.69, 9.17) is 5.73 Å². The highest BCUT2D eigenvalue weighted by molar-refractivity contribution is 5.95. The molecule has 0 spiro atoms. The summed E-state index contributed by atoms with van der Waals surface area (Å²) in [6.45, 7) is 5.70. The molecule has 0 fully saturated rings. The molecule has 0 aromatic heterocycles. The maximum Gasteiger partial charge on any atom is 0.241 e. The summed E-state index contributed by atoms with van der Waals surface area (Å²) in [5.41, 5.74) is 6.85. The van der Waals surface area contributed by atoms with Gasteiger partial charge in [-0.2, -0.15) is 0 Å². The monoisotopic (exact) mass is 274 g/mol. The lowest BCUT2D eigenvalue weighted by molar-refractivity contribution is -0.118. The summed E-state index contributed by atoms with van der Waals surface area (Å²) in [5, 5.41) is 2.53. The molecule has 0 aliphatic carbocycles. The fourth-order valence-corrected chi connectivity index (χ4v) is 1.46. The number of nitrogens with two attached hydrogens (primary N) is 1. The summed E-state index contributed by atoms with van der Waals surface area (Å²) in [5.74, 6) is -0.716. The SMILES string of the molecule is CCC(C)C(N)C(=O)Nc1cc(C)ccc1F.Cl. The van der Waals surface area contributed by atoms with Crippen LogP contribution in [0.2, 0.25) is 0 Å². The number of hydrogen-bond acceptors (Lipinski definition) is 2. The Balaban J connectivity index is 0.00000289. The maximum absolute atomic E-state index is 13.4. The Morgan fingerprint density at radius 2 is 2.11 bits per heavy atom. The van der Waals surface area contributed by atoms with Crippen molar-refractivity contribution in [1.29, 1.82) is 0 Å². The number of aryl methyl sites for hydroxylation is 1. The molecule has 102 valence electrons. The normalized spacial score (nSPS) is 13.4. The largest absolute Gasteiger partial charge is 0.322 e. The van der Waals surface area contributed by atoms with E-state index in [2.05, 4.69) is 5.32 Å². The Labute approximate surface area is 113 Å². The molecule has 0 aliphatic rings. The summed E-state index contributed by atoms with van der Waals surface area (Å²) in [6, 6.07) is 3.97. The van der Waals surface area contributed by atoms with Gasteiger partial charge in [0.2, 0.25) is 5.91 Å². The lowest BCUT2D eigenvalue weighted by Gasteiger charge is -2.18. The first-order valence-corrected chi connectivity index (χ1v) is 5.78. The van der Waals surface area contributed by atoms with E-state index in [9.17, 15) is 9.18 Å². The third kappa shape index (κ3) is 4.27. The average molecular weight is 275 g/mol. The number of halogens is 2. The summed E-state index contributed by atoms with van der Waals surface area (Å²) >= 11 is 0. The minimum Gasteiger partial charge on any atom is -0.322 e. The predicted octanol–water partition coefficient (Wildman–Crippen LogP) is 2.87. The van der Waals surface area contributed by atoms with Crippen molar-refractivity contribution in [2.45, 2.75) is 33.2 Å². The van der Waals surface area contributed by atoms with Gasteiger partial charge in [0.1, 0.15) is 5.82 Å². The molecule has 0 aliphatic heterocycles. The number of hydrogen-bond donors (Lipinski definition) is 2. The second-order valence-electron chi connectivity index (χ2n) is 4.38. The minimum absolute atomic E-state index is 0. The van der Waals surface area contributed by atoms with Crippen molar-refractivity contribution in [3.05, 3.63) is 29.6 Å². The van der Waals surface area contributed by atoms with Crippen molar-refractivity contribution in [3.8, 4) is 0 Å². The van der Waals surface area contributed by atoms with E-state index < -0.39 is 11.9 Å². The van der Waals surface area contributed by atoms with E-state index in [1.165, 1.54) is 6.07 Å². The van der Waals surface area contributed by atoms with Crippen LogP contribution in [0.4, 0.5) is 10.1 Å². The number of carbonyl (C=O) groups is 1. The highest BCUT2D eigenvalue weighted by atomic mass is 35.5. The molecule has 0 bridgehead atoms. The first-order chi connectivity index (χ1) is 7.95. The van der Waals surface area contributed by atoms with Gasteiger partial charge in [0.15, 0.2) is 0 Å². The molecule has 1 rings (SSSR count). The van der Waals surface area contributed by atoms with E-state index in [-0.39, 0.29) is 29.9 Å². The van der Waals surface area contributed by atoms with Crippen LogP contribution < -0.4 is 11.1 Å². The van der Waals surface area contributed by atoms with Crippen LogP contribution >= 0.6 is 12.4 Å². The van der Waals surface area contributed by atoms with Crippen molar-refractivity contribution in [1.82, 2.24) is 0 Å². The molecular formula is C13H20ClFN2O. The van der Waals surface area contributed by atoms with Gasteiger partial charge in [-0.1, -0.05) is 26.3 Å². The Morgan fingerprint density at radius 1 is 1.50 bits per heavy atom. The van der Waals surface area contributed by atoms with E-state index in [1.807, 2.05) is 20.8 Å². The number of anilines is 1. The van der Waals surface area contributed by atoms with E-state index >= 15 is 0 Å². The predicted molar refractivity (Wildman–Crippen MR) is 74.4 cm³/mol. The molecule has 2 atom stereocenters. The molecule has 1 amide bonds. The van der Waals surface area contributed by atoms with Gasteiger partial charge < -0.3 is 11.1 Å². The van der Waals surface area contributed by atoms with Gasteiger partial charge in [0, 0.05) is 0 Å². The molecule has 5 heteroatoms. The van der Waals surface area contributed by atoms with Crippen LogP contribution in [-0.4, -0.2) is 11.9 Å². The van der Waals surface area contributed by atoms with Gasteiger partial charge in [0.25, 0.3) is 0 Å². The lowest BCUT2D eigenvalue weighted by Crippen LogP contribution is -2.40. The second kappa shape index (κ2) is 7.34. The van der Waals surface area contributed by atoms with Gasteiger partial charge in [-0.25, -0.2) is 4.39 Å². The standard InChI is InChI=1S/C13H19FN2O.ClH/c1-4-9(3)12(15)13(17)16-11-7-8(2)5-6-10(11)14;/h5-7,9,12H,4,15H2,1-3H3,(H,16,17);1H. The van der Waals surface area contributed by atoms with Crippen molar-refractivity contribution in [2.75, 3.05) is 5.32 Å². The molecule has 0 saturated heterocycles. The number of benzene rings is 1. The first kappa shape index (κ1) is 16.9. The van der Waals surface area contributed by atoms with E-state index in [0.717, 1.165) is 12.0 Å². The second-order valence-corrected chi connectivity index (χ2v) is 4.38. The van der Waals surface area contributed by atoms with Crippen LogP contribution in [-0.2, 0) is 4.79 Å². The average Bonchev–Trinajstić information content (AvgIpc) is 2.31. The number of carbonyl (C=O) groups excluding carboxylic acids is 1. The maximum atomic E-state index is 13.4. The van der Waals surface area contributed by atoms with Gasteiger partial charge >= 0.3 is 0 Å². The highest BCUT2D eigenvalue weighted by Crippen LogP contribution is 2.16. The number of nitrogens with one attached hydrogen (secondary N) is 1. The summed E-state index contributed by atoms with van der Waals surface area (Å²) < 4.78 is 13.4. The zero-order valence-corrected chi connectivity index (χ0v) is 11.7. The van der Waals surface area contributed by atoms with Crippen molar-refractivity contribution in [2.24, 2.45) is 11.7 Å². The lowest BCUT2D eigenvalue weighted by atomic mass is 9.99. The molecule has 3 nitrogen and oxygen atoms in total. The van der Waals surface area contributed by atoms with Crippen molar-refractivity contribution < 1.29 is 9.18 Å². The van der Waals surface area contributed by atoms with E-state index in [1.54, 1.807) is 12.1 Å². The van der Waals surface area contributed by atoms with Crippen LogP contribution in [0.3, 0.4) is 0 Å². The highest BCUT2D eigenvalue weighted by Gasteiger charge is 2.20. The van der Waals surface area contributed by atoms with Gasteiger partial charge in [-0.3, -0.25) is 4.79 Å². The molecule has 0 radical (unpaired) electrons. The molecular weight excluding hydrogens is 255 g/mol.